The van der Waals surface area contributed by atoms with Crippen molar-refractivity contribution in [2.75, 3.05) is 20.8 Å². The van der Waals surface area contributed by atoms with Crippen LogP contribution in [0.3, 0.4) is 0 Å². The molecule has 2 aromatic carbocycles. The number of methoxy groups -OCH3 is 2. The molecule has 1 fully saturated rings. The van der Waals surface area contributed by atoms with Crippen molar-refractivity contribution in [2.45, 2.75) is 30.7 Å². The molecule has 36 heavy (non-hydrogen) atoms. The number of ether oxygens (including phenoxy) is 4. The summed E-state index contributed by atoms with van der Waals surface area (Å²) in [6.45, 7) is -0.745. The number of aliphatic hydroxyl groups is 4. The largest absolute Gasteiger partial charge is 0.507 e. The maximum absolute atomic E-state index is 13.5. The first-order valence-corrected chi connectivity index (χ1v) is 10.6. The van der Waals surface area contributed by atoms with E-state index in [1.54, 1.807) is 0 Å². The normalized spacial score (nSPS) is 24.0. The summed E-state index contributed by atoms with van der Waals surface area (Å²) >= 11 is 0. The maximum Gasteiger partial charge on any atom is 0.239 e. The highest BCUT2D eigenvalue weighted by Gasteiger charge is 2.45. The molecule has 1 aliphatic rings. The van der Waals surface area contributed by atoms with E-state index in [0.29, 0.717) is 0 Å². The third-order valence-corrected chi connectivity index (χ3v) is 5.74. The van der Waals surface area contributed by atoms with Crippen molar-refractivity contribution in [3.05, 3.63) is 34.5 Å². The van der Waals surface area contributed by atoms with Crippen molar-refractivity contribution in [1.82, 2.24) is 0 Å². The van der Waals surface area contributed by atoms with Crippen LogP contribution < -0.4 is 19.6 Å². The van der Waals surface area contributed by atoms with Crippen molar-refractivity contribution >= 4 is 11.0 Å². The van der Waals surface area contributed by atoms with Crippen molar-refractivity contribution in [2.24, 2.45) is 0 Å². The Morgan fingerprint density at radius 2 is 1.53 bits per heavy atom. The minimum atomic E-state index is -1.87. The van der Waals surface area contributed by atoms with Crippen LogP contribution in [0, 0.1) is 0 Å². The van der Waals surface area contributed by atoms with Gasteiger partial charge in [-0.15, -0.1) is 0 Å². The molecule has 0 saturated carbocycles. The average Bonchev–Trinajstić information content (AvgIpc) is 2.84. The summed E-state index contributed by atoms with van der Waals surface area (Å²) in [5.41, 5.74) is -1.17. The Balaban J connectivity index is 1.94. The molecule has 5 unspecified atom stereocenters. The van der Waals surface area contributed by atoms with Gasteiger partial charge in [0.15, 0.2) is 17.3 Å². The van der Waals surface area contributed by atoms with E-state index >= 15 is 0 Å². The Kier molecular flexibility index (Phi) is 6.84. The summed E-state index contributed by atoms with van der Waals surface area (Å²) in [4.78, 5) is 13.5. The predicted molar refractivity (Wildman–Crippen MR) is 120 cm³/mol. The number of hydrogen-bond donors (Lipinski definition) is 7. The first kappa shape index (κ1) is 25.3. The number of benzene rings is 2. The Morgan fingerprint density at radius 3 is 2.11 bits per heavy atom. The molecule has 0 aliphatic carbocycles. The molecule has 13 nitrogen and oxygen atoms in total. The van der Waals surface area contributed by atoms with Crippen LogP contribution in [0.5, 0.6) is 34.5 Å². The molecule has 13 heteroatoms. The highest BCUT2D eigenvalue weighted by Crippen LogP contribution is 2.43. The van der Waals surface area contributed by atoms with E-state index < -0.39 is 65.7 Å². The van der Waals surface area contributed by atoms with Crippen LogP contribution in [0.15, 0.2) is 33.5 Å². The van der Waals surface area contributed by atoms with Crippen molar-refractivity contribution in [1.29, 1.82) is 0 Å². The minimum Gasteiger partial charge on any atom is -0.507 e. The summed E-state index contributed by atoms with van der Waals surface area (Å²) in [6, 6.07) is 4.66. The first-order valence-electron chi connectivity index (χ1n) is 10.6. The fourth-order valence-electron chi connectivity index (χ4n) is 3.89. The molecule has 0 amide bonds. The smallest absolute Gasteiger partial charge is 0.239 e. The fraction of sp³-hybridized carbons (Fsp3) is 0.348. The van der Waals surface area contributed by atoms with Crippen molar-refractivity contribution < 1.29 is 59.1 Å². The molecule has 7 N–H and O–H groups in total. The zero-order valence-corrected chi connectivity index (χ0v) is 19.0. The summed E-state index contributed by atoms with van der Waals surface area (Å²) < 4.78 is 26.7. The number of phenolic OH excluding ortho intramolecular Hbond substituents is 3. The SMILES string of the molecule is COc1cc(O)c2c(=O)c(OC3OC(CO)C(O)C(O)C3O)c(-c3cc(O)c(OC)c(O)c3)oc2c1. The van der Waals surface area contributed by atoms with E-state index in [-0.39, 0.29) is 33.8 Å². The topological polar surface area (TPSA) is 209 Å². The lowest BCUT2D eigenvalue weighted by atomic mass is 9.99. The highest BCUT2D eigenvalue weighted by atomic mass is 16.7. The molecular weight excluding hydrogens is 484 g/mol. The number of fused-ring (bicyclic) bond motifs is 1. The van der Waals surface area contributed by atoms with Crippen LogP contribution in [0.25, 0.3) is 22.3 Å². The fourth-order valence-corrected chi connectivity index (χ4v) is 3.89. The van der Waals surface area contributed by atoms with Crippen molar-refractivity contribution in [3.8, 4) is 45.8 Å². The van der Waals surface area contributed by atoms with E-state index in [1.165, 1.54) is 20.3 Å². The van der Waals surface area contributed by atoms with Gasteiger partial charge in [0.2, 0.25) is 23.2 Å². The Hall–Kier alpha value is -3.75. The summed E-state index contributed by atoms with van der Waals surface area (Å²) in [5, 5.41) is 70.6. The number of hydrogen-bond acceptors (Lipinski definition) is 13. The van der Waals surface area contributed by atoms with Crippen LogP contribution in [0.1, 0.15) is 0 Å². The number of aromatic hydroxyl groups is 3. The van der Waals surface area contributed by atoms with Gasteiger partial charge in [0.25, 0.3) is 0 Å². The van der Waals surface area contributed by atoms with Gasteiger partial charge >= 0.3 is 0 Å². The van der Waals surface area contributed by atoms with Gasteiger partial charge in [-0.1, -0.05) is 0 Å². The zero-order chi connectivity index (χ0) is 26.3. The second-order valence-electron chi connectivity index (χ2n) is 7.97. The van der Waals surface area contributed by atoms with Gasteiger partial charge in [-0.05, 0) is 12.1 Å². The van der Waals surface area contributed by atoms with Crippen LogP contribution >= 0.6 is 0 Å². The lowest BCUT2D eigenvalue weighted by molar-refractivity contribution is -0.277. The number of rotatable bonds is 6. The summed E-state index contributed by atoms with van der Waals surface area (Å²) in [5.74, 6) is -2.66. The lowest BCUT2D eigenvalue weighted by Gasteiger charge is -2.39. The van der Waals surface area contributed by atoms with Crippen LogP contribution in [-0.4, -0.2) is 87.3 Å². The second-order valence-corrected chi connectivity index (χ2v) is 7.97. The standard InChI is InChI=1S/C23H24O13/c1-32-9-5-10(25)15-13(6-9)34-20(8-3-11(26)21(33-2)12(27)4-8)22(17(15)29)36-23-19(31)18(30)16(28)14(7-24)35-23/h3-6,14,16,18-19,23-28,30-31H,7H2,1-2H3. The molecule has 1 saturated heterocycles. The molecule has 1 aliphatic heterocycles. The van der Waals surface area contributed by atoms with Crippen molar-refractivity contribution in [3.63, 3.8) is 0 Å². The zero-order valence-electron chi connectivity index (χ0n) is 19.0. The first-order chi connectivity index (χ1) is 17.1. The average molecular weight is 508 g/mol. The van der Waals surface area contributed by atoms with Gasteiger partial charge < -0.3 is 59.1 Å². The molecule has 4 rings (SSSR count). The molecule has 194 valence electrons. The summed E-state index contributed by atoms with van der Waals surface area (Å²) in [7, 11) is 2.54. The quantitative estimate of drug-likeness (QED) is 0.230. The maximum atomic E-state index is 13.5. The van der Waals surface area contributed by atoms with E-state index in [4.69, 9.17) is 23.4 Å². The minimum absolute atomic E-state index is 0.0771. The van der Waals surface area contributed by atoms with Gasteiger partial charge in [0.05, 0.1) is 20.8 Å². The molecule has 0 radical (unpaired) electrons. The Morgan fingerprint density at radius 1 is 0.861 bits per heavy atom. The van der Waals surface area contributed by atoms with Gasteiger partial charge in [-0.2, -0.15) is 0 Å². The summed E-state index contributed by atoms with van der Waals surface area (Å²) in [6.07, 6.45) is -8.46. The number of aliphatic hydroxyl groups excluding tert-OH is 4. The monoisotopic (exact) mass is 508 g/mol. The van der Waals surface area contributed by atoms with E-state index in [0.717, 1.165) is 18.2 Å². The third kappa shape index (κ3) is 4.23. The van der Waals surface area contributed by atoms with Crippen LogP contribution in [0.4, 0.5) is 0 Å². The van der Waals surface area contributed by atoms with E-state index in [1.807, 2.05) is 0 Å². The molecule has 3 aromatic rings. The van der Waals surface area contributed by atoms with Gasteiger partial charge in [-0.3, -0.25) is 4.79 Å². The molecule has 0 spiro atoms. The van der Waals surface area contributed by atoms with Gasteiger partial charge in [-0.25, -0.2) is 0 Å². The predicted octanol–water partition coefficient (Wildman–Crippen LogP) is -0.227. The Labute approximate surface area is 202 Å². The number of phenols is 3. The van der Waals surface area contributed by atoms with Crippen LogP contribution in [0.2, 0.25) is 0 Å². The highest BCUT2D eigenvalue weighted by molar-refractivity contribution is 5.88. The molecule has 2 heterocycles. The van der Waals surface area contributed by atoms with Gasteiger partial charge in [0.1, 0.15) is 46.9 Å². The van der Waals surface area contributed by atoms with Gasteiger partial charge in [0, 0.05) is 17.7 Å². The van der Waals surface area contributed by atoms with E-state index in [9.17, 15) is 40.5 Å². The molecular formula is C23H24O13. The molecule has 0 bridgehead atoms. The second kappa shape index (κ2) is 9.72. The lowest BCUT2D eigenvalue weighted by Crippen LogP contribution is -2.60. The Bertz CT molecular complexity index is 1310. The van der Waals surface area contributed by atoms with Crippen LogP contribution in [-0.2, 0) is 4.74 Å². The molecule has 5 atom stereocenters. The van der Waals surface area contributed by atoms with E-state index in [2.05, 4.69) is 0 Å². The molecule has 1 aromatic heterocycles. The third-order valence-electron chi connectivity index (χ3n) is 5.74.